The molecule has 1 unspecified atom stereocenters. The lowest BCUT2D eigenvalue weighted by atomic mass is 9.82. The summed E-state index contributed by atoms with van der Waals surface area (Å²) in [5, 5.41) is 4.60. The molecule has 0 fully saturated rings. The SMILES string of the molecule is COCc1nn2cc3c(nc2c1-c1ccc(F)cc1)CC(c1ccccc1)CC3=O. The van der Waals surface area contributed by atoms with Crippen molar-refractivity contribution in [1.29, 1.82) is 0 Å². The Morgan fingerprint density at radius 1 is 1.10 bits per heavy atom. The van der Waals surface area contributed by atoms with Crippen LogP contribution in [0.1, 0.15) is 39.6 Å². The lowest BCUT2D eigenvalue weighted by Crippen LogP contribution is -2.21. The lowest BCUT2D eigenvalue weighted by molar-refractivity contribution is 0.0962. The third-order valence-electron chi connectivity index (χ3n) is 5.62. The number of fused-ring (bicyclic) bond motifs is 2. The van der Waals surface area contributed by atoms with Crippen molar-refractivity contribution < 1.29 is 13.9 Å². The number of carbonyl (C=O) groups is 1. The normalized spacial score (nSPS) is 16.1. The van der Waals surface area contributed by atoms with Gasteiger partial charge in [0, 0.05) is 19.7 Å². The highest BCUT2D eigenvalue weighted by Crippen LogP contribution is 2.34. The maximum absolute atomic E-state index is 13.5. The van der Waals surface area contributed by atoms with Crippen LogP contribution in [0.3, 0.4) is 0 Å². The summed E-state index contributed by atoms with van der Waals surface area (Å²) in [5.41, 5.74) is 5.50. The molecule has 0 aliphatic heterocycles. The van der Waals surface area contributed by atoms with Crippen LogP contribution in [0.25, 0.3) is 16.8 Å². The van der Waals surface area contributed by atoms with Gasteiger partial charge in [-0.3, -0.25) is 4.79 Å². The quantitative estimate of drug-likeness (QED) is 0.502. The zero-order valence-corrected chi connectivity index (χ0v) is 16.5. The number of hydrogen-bond acceptors (Lipinski definition) is 4. The van der Waals surface area contributed by atoms with Crippen LogP contribution in [0.4, 0.5) is 4.39 Å². The molecule has 0 radical (unpaired) electrons. The number of ether oxygens (including phenoxy) is 1. The smallest absolute Gasteiger partial charge is 0.166 e. The third-order valence-corrected chi connectivity index (χ3v) is 5.62. The van der Waals surface area contributed by atoms with Crippen molar-refractivity contribution >= 4 is 11.4 Å². The summed E-state index contributed by atoms with van der Waals surface area (Å²) in [6.07, 6.45) is 2.92. The minimum absolute atomic E-state index is 0.0756. The molecule has 4 aromatic rings. The van der Waals surface area contributed by atoms with E-state index in [0.717, 1.165) is 22.4 Å². The number of rotatable bonds is 4. The molecule has 150 valence electrons. The Hall–Kier alpha value is -3.38. The second-order valence-corrected chi connectivity index (χ2v) is 7.57. The van der Waals surface area contributed by atoms with Crippen LogP contribution >= 0.6 is 0 Å². The van der Waals surface area contributed by atoms with Crippen molar-refractivity contribution in [3.05, 3.63) is 89.1 Å². The number of aromatic nitrogens is 3. The van der Waals surface area contributed by atoms with Gasteiger partial charge in [0.15, 0.2) is 11.4 Å². The first kappa shape index (κ1) is 18.6. The van der Waals surface area contributed by atoms with E-state index in [9.17, 15) is 9.18 Å². The van der Waals surface area contributed by atoms with Gasteiger partial charge in [-0.15, -0.1) is 0 Å². The van der Waals surface area contributed by atoms with E-state index in [4.69, 9.17) is 9.72 Å². The molecule has 0 N–H and O–H groups in total. The zero-order chi connectivity index (χ0) is 20.7. The first-order chi connectivity index (χ1) is 14.6. The van der Waals surface area contributed by atoms with E-state index >= 15 is 0 Å². The number of nitrogens with zero attached hydrogens (tertiary/aromatic N) is 3. The fourth-order valence-electron chi connectivity index (χ4n) is 4.19. The van der Waals surface area contributed by atoms with Gasteiger partial charge in [-0.1, -0.05) is 42.5 Å². The van der Waals surface area contributed by atoms with E-state index in [1.807, 2.05) is 18.2 Å². The Labute approximate surface area is 173 Å². The fraction of sp³-hybridized carbons (Fsp3) is 0.208. The predicted molar refractivity (Wildman–Crippen MR) is 111 cm³/mol. The minimum atomic E-state index is -0.301. The highest BCUT2D eigenvalue weighted by atomic mass is 19.1. The van der Waals surface area contributed by atoms with Crippen LogP contribution in [0, 0.1) is 5.82 Å². The number of ketones is 1. The van der Waals surface area contributed by atoms with E-state index in [2.05, 4.69) is 17.2 Å². The van der Waals surface area contributed by atoms with Gasteiger partial charge in [0.2, 0.25) is 0 Å². The maximum Gasteiger partial charge on any atom is 0.166 e. The second kappa shape index (κ2) is 7.46. The van der Waals surface area contributed by atoms with E-state index in [0.29, 0.717) is 36.4 Å². The van der Waals surface area contributed by atoms with Gasteiger partial charge >= 0.3 is 0 Å². The number of benzene rings is 2. The third kappa shape index (κ3) is 3.19. The van der Waals surface area contributed by atoms with Crippen LogP contribution in [0.2, 0.25) is 0 Å². The van der Waals surface area contributed by atoms with E-state index < -0.39 is 0 Å². The summed E-state index contributed by atoms with van der Waals surface area (Å²) in [4.78, 5) is 17.8. The van der Waals surface area contributed by atoms with Crippen molar-refractivity contribution in [2.75, 3.05) is 7.11 Å². The van der Waals surface area contributed by atoms with Gasteiger partial charge in [-0.05, 0) is 35.6 Å². The molecule has 2 heterocycles. The molecule has 1 aliphatic carbocycles. The Morgan fingerprint density at radius 3 is 2.60 bits per heavy atom. The highest BCUT2D eigenvalue weighted by molar-refractivity contribution is 5.99. The molecule has 1 aliphatic rings. The highest BCUT2D eigenvalue weighted by Gasteiger charge is 2.29. The van der Waals surface area contributed by atoms with Gasteiger partial charge in [0.25, 0.3) is 0 Å². The van der Waals surface area contributed by atoms with Crippen molar-refractivity contribution in [3.63, 3.8) is 0 Å². The van der Waals surface area contributed by atoms with Crippen molar-refractivity contribution in [2.24, 2.45) is 0 Å². The van der Waals surface area contributed by atoms with Crippen molar-refractivity contribution in [1.82, 2.24) is 14.6 Å². The summed E-state index contributed by atoms with van der Waals surface area (Å²) < 4.78 is 20.4. The van der Waals surface area contributed by atoms with E-state index in [1.165, 1.54) is 12.1 Å². The monoisotopic (exact) mass is 401 g/mol. The van der Waals surface area contributed by atoms with Gasteiger partial charge < -0.3 is 4.74 Å². The fourth-order valence-corrected chi connectivity index (χ4v) is 4.19. The average molecular weight is 401 g/mol. The molecule has 2 aromatic carbocycles. The second-order valence-electron chi connectivity index (χ2n) is 7.57. The largest absolute Gasteiger partial charge is 0.378 e. The molecule has 5 nitrogen and oxygen atoms in total. The Morgan fingerprint density at radius 2 is 1.87 bits per heavy atom. The van der Waals surface area contributed by atoms with Crippen LogP contribution in [-0.2, 0) is 17.8 Å². The number of halogens is 1. The molecule has 0 saturated heterocycles. The van der Waals surface area contributed by atoms with Gasteiger partial charge in [0.1, 0.15) is 5.82 Å². The number of hydrogen-bond donors (Lipinski definition) is 0. The van der Waals surface area contributed by atoms with E-state index in [-0.39, 0.29) is 17.5 Å². The van der Waals surface area contributed by atoms with Crippen LogP contribution in [0.5, 0.6) is 0 Å². The first-order valence-electron chi connectivity index (χ1n) is 9.88. The molecule has 1 atom stereocenters. The molecule has 6 heteroatoms. The molecule has 0 spiro atoms. The molecule has 0 bridgehead atoms. The Balaban J connectivity index is 1.66. The van der Waals surface area contributed by atoms with Gasteiger partial charge in [-0.25, -0.2) is 13.9 Å². The molecule has 5 rings (SSSR count). The number of carbonyl (C=O) groups excluding carboxylic acids is 1. The zero-order valence-electron chi connectivity index (χ0n) is 16.5. The molecule has 0 amide bonds. The van der Waals surface area contributed by atoms with Crippen molar-refractivity contribution in [3.8, 4) is 11.1 Å². The van der Waals surface area contributed by atoms with Crippen LogP contribution in [0.15, 0.2) is 60.8 Å². The van der Waals surface area contributed by atoms with Crippen molar-refractivity contribution in [2.45, 2.75) is 25.4 Å². The number of methoxy groups -OCH3 is 1. The number of Topliss-reactive ketones (excluding diaryl/α,β-unsaturated/α-hetero) is 1. The van der Waals surface area contributed by atoms with Gasteiger partial charge in [0.05, 0.1) is 29.1 Å². The Kier molecular flexibility index (Phi) is 4.64. The molecular formula is C24H20FN3O2. The molecule has 30 heavy (non-hydrogen) atoms. The summed E-state index contributed by atoms with van der Waals surface area (Å²) in [5.74, 6) is -0.117. The molecular weight excluding hydrogens is 381 g/mol. The molecule has 0 saturated carbocycles. The van der Waals surface area contributed by atoms with E-state index in [1.54, 1.807) is 30.0 Å². The lowest BCUT2D eigenvalue weighted by Gasteiger charge is -2.23. The first-order valence-corrected chi connectivity index (χ1v) is 9.88. The van der Waals surface area contributed by atoms with Crippen LogP contribution in [-0.4, -0.2) is 27.5 Å². The standard InChI is InChI=1S/C24H20FN3O2/c1-30-14-21-23(16-7-9-18(25)10-8-16)24-26-20-11-17(15-5-3-2-4-6-15)12-22(29)19(20)13-28(24)27-21/h2-10,13,17H,11-12,14H2,1H3. The van der Waals surface area contributed by atoms with Gasteiger partial charge in [-0.2, -0.15) is 5.10 Å². The minimum Gasteiger partial charge on any atom is -0.378 e. The summed E-state index contributed by atoms with van der Waals surface area (Å²) in [7, 11) is 1.60. The topological polar surface area (TPSA) is 56.5 Å². The van der Waals surface area contributed by atoms with Crippen LogP contribution < -0.4 is 0 Å². The summed E-state index contributed by atoms with van der Waals surface area (Å²) in [6.45, 7) is 0.293. The maximum atomic E-state index is 13.5. The summed E-state index contributed by atoms with van der Waals surface area (Å²) >= 11 is 0. The molecule has 2 aromatic heterocycles. The summed E-state index contributed by atoms with van der Waals surface area (Å²) in [6, 6.07) is 16.3. The Bertz CT molecular complexity index is 1230. The average Bonchev–Trinajstić information content (AvgIpc) is 3.11. The predicted octanol–water partition coefficient (Wildman–Crippen LogP) is 4.59.